The number of methoxy groups -OCH3 is 2. The van der Waals surface area contributed by atoms with Gasteiger partial charge >= 0.3 is 5.97 Å². The van der Waals surface area contributed by atoms with E-state index < -0.39 is 5.54 Å². The molecule has 2 unspecified atom stereocenters. The van der Waals surface area contributed by atoms with Crippen LogP contribution in [0.2, 0.25) is 0 Å². The summed E-state index contributed by atoms with van der Waals surface area (Å²) >= 11 is 0. The highest BCUT2D eigenvalue weighted by Gasteiger charge is 2.41. The second-order valence-corrected chi connectivity index (χ2v) is 4.40. The first-order valence-corrected chi connectivity index (χ1v) is 5.40. The van der Waals surface area contributed by atoms with Crippen LogP contribution in [0, 0.1) is 5.92 Å². The largest absolute Gasteiger partial charge is 0.468 e. The average molecular weight is 215 g/mol. The summed E-state index contributed by atoms with van der Waals surface area (Å²) in [5.74, 6) is 0.454. The summed E-state index contributed by atoms with van der Waals surface area (Å²) in [7, 11) is 3.01. The van der Waals surface area contributed by atoms with Gasteiger partial charge in [-0.3, -0.25) is 5.32 Å². The molecule has 88 valence electrons. The molecule has 0 aromatic heterocycles. The van der Waals surface area contributed by atoms with Crippen molar-refractivity contribution in [1.82, 2.24) is 5.32 Å². The van der Waals surface area contributed by atoms with E-state index in [1.54, 1.807) is 7.11 Å². The van der Waals surface area contributed by atoms with Crippen molar-refractivity contribution in [2.75, 3.05) is 20.8 Å². The molecule has 0 saturated heterocycles. The molecule has 0 aromatic rings. The molecule has 0 heterocycles. The fraction of sp³-hybridized carbons (Fsp3) is 0.909. The molecule has 1 N–H and O–H groups in total. The molecule has 0 amide bonds. The lowest BCUT2D eigenvalue weighted by molar-refractivity contribution is -0.153. The number of nitrogens with one attached hydrogen (secondary N) is 1. The zero-order valence-corrected chi connectivity index (χ0v) is 10.0. The summed E-state index contributed by atoms with van der Waals surface area (Å²) in [6, 6.07) is 0. The summed E-state index contributed by atoms with van der Waals surface area (Å²) < 4.78 is 10.0. The Kier molecular flexibility index (Phi) is 4.11. The van der Waals surface area contributed by atoms with Crippen molar-refractivity contribution in [3.8, 4) is 0 Å². The van der Waals surface area contributed by atoms with Gasteiger partial charge in [-0.2, -0.15) is 0 Å². The van der Waals surface area contributed by atoms with Crippen molar-refractivity contribution in [2.45, 2.75) is 38.3 Å². The van der Waals surface area contributed by atoms with Gasteiger partial charge < -0.3 is 9.47 Å². The third-order valence-corrected chi connectivity index (χ3v) is 3.23. The summed E-state index contributed by atoms with van der Waals surface area (Å²) in [5, 5.41) is 3.26. The molecule has 0 aliphatic heterocycles. The minimum absolute atomic E-state index is 0.205. The summed E-state index contributed by atoms with van der Waals surface area (Å²) in [4.78, 5) is 11.7. The second kappa shape index (κ2) is 4.94. The third kappa shape index (κ3) is 2.92. The molecule has 0 bridgehead atoms. The van der Waals surface area contributed by atoms with Gasteiger partial charge in [-0.1, -0.05) is 0 Å². The van der Waals surface area contributed by atoms with Gasteiger partial charge in [0.1, 0.15) is 5.54 Å². The van der Waals surface area contributed by atoms with E-state index in [1.807, 2.05) is 13.8 Å². The summed E-state index contributed by atoms with van der Waals surface area (Å²) in [5.41, 5.74) is -0.744. The van der Waals surface area contributed by atoms with Crippen LogP contribution in [-0.4, -0.2) is 38.4 Å². The van der Waals surface area contributed by atoms with Crippen molar-refractivity contribution in [2.24, 2.45) is 5.92 Å². The van der Waals surface area contributed by atoms with E-state index in [0.29, 0.717) is 0 Å². The van der Waals surface area contributed by atoms with E-state index in [9.17, 15) is 4.79 Å². The SMILES string of the molecule is COC(=O)C(C)(NCC1CC1)C(C)OC. The lowest BCUT2D eigenvalue weighted by atomic mass is 9.95. The maximum atomic E-state index is 11.7. The zero-order valence-electron chi connectivity index (χ0n) is 10.0. The highest BCUT2D eigenvalue weighted by atomic mass is 16.5. The van der Waals surface area contributed by atoms with Gasteiger partial charge in [-0.15, -0.1) is 0 Å². The van der Waals surface area contributed by atoms with Crippen LogP contribution in [0.1, 0.15) is 26.7 Å². The van der Waals surface area contributed by atoms with E-state index in [1.165, 1.54) is 20.0 Å². The maximum absolute atomic E-state index is 11.7. The quantitative estimate of drug-likeness (QED) is 0.670. The molecular weight excluding hydrogens is 194 g/mol. The first kappa shape index (κ1) is 12.5. The fourth-order valence-corrected chi connectivity index (χ4v) is 1.51. The summed E-state index contributed by atoms with van der Waals surface area (Å²) in [6.07, 6.45) is 2.31. The Balaban J connectivity index is 2.59. The van der Waals surface area contributed by atoms with Crippen molar-refractivity contribution >= 4 is 5.97 Å². The summed E-state index contributed by atoms with van der Waals surface area (Å²) in [6.45, 7) is 4.56. The van der Waals surface area contributed by atoms with Crippen LogP contribution in [-0.2, 0) is 14.3 Å². The topological polar surface area (TPSA) is 47.6 Å². The van der Waals surface area contributed by atoms with Crippen LogP contribution >= 0.6 is 0 Å². The lowest BCUT2D eigenvalue weighted by Gasteiger charge is -2.33. The Hall–Kier alpha value is -0.610. The molecule has 1 aliphatic rings. The zero-order chi connectivity index (χ0) is 11.5. The Morgan fingerprint density at radius 3 is 2.53 bits per heavy atom. The number of hydrogen-bond donors (Lipinski definition) is 1. The Labute approximate surface area is 91.3 Å². The van der Waals surface area contributed by atoms with Crippen LogP contribution in [0.3, 0.4) is 0 Å². The van der Waals surface area contributed by atoms with Crippen LogP contribution in [0.25, 0.3) is 0 Å². The van der Waals surface area contributed by atoms with E-state index in [4.69, 9.17) is 9.47 Å². The Bertz CT molecular complexity index is 228. The predicted molar refractivity (Wildman–Crippen MR) is 57.6 cm³/mol. The smallest absolute Gasteiger partial charge is 0.328 e. The monoisotopic (exact) mass is 215 g/mol. The highest BCUT2D eigenvalue weighted by Crippen LogP contribution is 2.29. The highest BCUT2D eigenvalue weighted by molar-refractivity contribution is 5.81. The number of rotatable bonds is 6. The van der Waals surface area contributed by atoms with E-state index >= 15 is 0 Å². The first-order chi connectivity index (χ1) is 7.04. The standard InChI is InChI=1S/C11H21NO3/c1-8(14-3)11(2,10(13)15-4)12-7-9-5-6-9/h8-9,12H,5-7H2,1-4H3. The molecule has 0 radical (unpaired) electrons. The minimum atomic E-state index is -0.744. The van der Waals surface area contributed by atoms with Crippen LogP contribution < -0.4 is 5.32 Å². The van der Waals surface area contributed by atoms with Gasteiger partial charge in [0.2, 0.25) is 0 Å². The van der Waals surface area contributed by atoms with Crippen molar-refractivity contribution in [1.29, 1.82) is 0 Å². The van der Waals surface area contributed by atoms with Crippen molar-refractivity contribution in [3.63, 3.8) is 0 Å². The molecule has 15 heavy (non-hydrogen) atoms. The molecule has 1 rings (SSSR count). The average Bonchev–Trinajstić information content (AvgIpc) is 3.07. The number of esters is 1. The van der Waals surface area contributed by atoms with Gasteiger partial charge in [0, 0.05) is 7.11 Å². The van der Waals surface area contributed by atoms with E-state index in [-0.39, 0.29) is 12.1 Å². The number of hydrogen-bond acceptors (Lipinski definition) is 4. The predicted octanol–water partition coefficient (Wildman–Crippen LogP) is 0.953. The van der Waals surface area contributed by atoms with Gasteiger partial charge in [0.25, 0.3) is 0 Å². The Morgan fingerprint density at radius 2 is 2.13 bits per heavy atom. The molecule has 4 nitrogen and oxygen atoms in total. The number of carbonyl (C=O) groups excluding carboxylic acids is 1. The van der Waals surface area contributed by atoms with Gasteiger partial charge in [0.05, 0.1) is 13.2 Å². The van der Waals surface area contributed by atoms with Crippen LogP contribution in [0.4, 0.5) is 0 Å². The Morgan fingerprint density at radius 1 is 1.53 bits per heavy atom. The van der Waals surface area contributed by atoms with Gasteiger partial charge in [-0.25, -0.2) is 4.79 Å². The fourth-order valence-electron chi connectivity index (χ4n) is 1.51. The lowest BCUT2D eigenvalue weighted by Crippen LogP contribution is -2.58. The van der Waals surface area contributed by atoms with Crippen molar-refractivity contribution < 1.29 is 14.3 Å². The molecule has 1 aliphatic carbocycles. The van der Waals surface area contributed by atoms with Gasteiger partial charge in [0.15, 0.2) is 0 Å². The molecular formula is C11H21NO3. The van der Waals surface area contributed by atoms with E-state index in [2.05, 4.69) is 5.32 Å². The molecule has 0 spiro atoms. The molecule has 1 fully saturated rings. The minimum Gasteiger partial charge on any atom is -0.468 e. The van der Waals surface area contributed by atoms with Crippen molar-refractivity contribution in [3.05, 3.63) is 0 Å². The van der Waals surface area contributed by atoms with Crippen LogP contribution in [0.15, 0.2) is 0 Å². The molecule has 0 aromatic carbocycles. The van der Waals surface area contributed by atoms with E-state index in [0.717, 1.165) is 12.5 Å². The molecule has 1 saturated carbocycles. The second-order valence-electron chi connectivity index (χ2n) is 4.40. The third-order valence-electron chi connectivity index (χ3n) is 3.23. The van der Waals surface area contributed by atoms with Gasteiger partial charge in [-0.05, 0) is 39.2 Å². The van der Waals surface area contributed by atoms with Crippen LogP contribution in [0.5, 0.6) is 0 Å². The first-order valence-electron chi connectivity index (χ1n) is 5.40. The molecule has 4 heteroatoms. The maximum Gasteiger partial charge on any atom is 0.328 e. The molecule has 2 atom stereocenters. The number of carbonyl (C=O) groups is 1. The number of ether oxygens (including phenoxy) is 2. The normalized spacial score (nSPS) is 21.9.